The lowest BCUT2D eigenvalue weighted by Gasteiger charge is -2.08. The van der Waals surface area contributed by atoms with Crippen LogP contribution in [0.2, 0.25) is 5.02 Å². The lowest BCUT2D eigenvalue weighted by Crippen LogP contribution is -2.00. The van der Waals surface area contributed by atoms with Crippen molar-refractivity contribution in [3.63, 3.8) is 0 Å². The fourth-order valence-corrected chi connectivity index (χ4v) is 1.65. The molecule has 0 aliphatic rings. The van der Waals surface area contributed by atoms with Crippen LogP contribution >= 0.6 is 11.6 Å². The van der Waals surface area contributed by atoms with Crippen molar-refractivity contribution < 1.29 is 0 Å². The second-order valence-electron chi connectivity index (χ2n) is 3.68. The predicted octanol–water partition coefficient (Wildman–Crippen LogP) is 3.04. The smallest absolute Gasteiger partial charge is 0.104 e. The Kier molecular flexibility index (Phi) is 2.73. The molecule has 0 amide bonds. The standard InChI is InChI=1S/C11H12ClN3/c1-8(2)9-3-4-11(10(12)7-9)15-13-5-6-14-15/h3-8H,1-2H3. The van der Waals surface area contributed by atoms with E-state index in [1.165, 1.54) is 10.4 Å². The van der Waals surface area contributed by atoms with Crippen LogP contribution < -0.4 is 0 Å². The number of rotatable bonds is 2. The van der Waals surface area contributed by atoms with Crippen molar-refractivity contribution in [2.24, 2.45) is 0 Å². The van der Waals surface area contributed by atoms with E-state index < -0.39 is 0 Å². The topological polar surface area (TPSA) is 30.7 Å². The number of hydrogen-bond donors (Lipinski definition) is 0. The van der Waals surface area contributed by atoms with Gasteiger partial charge in [0.1, 0.15) is 5.69 Å². The molecule has 1 aromatic carbocycles. The largest absolute Gasteiger partial charge is 0.157 e. The van der Waals surface area contributed by atoms with Gasteiger partial charge in [-0.1, -0.05) is 31.5 Å². The normalized spacial score (nSPS) is 10.9. The van der Waals surface area contributed by atoms with Gasteiger partial charge in [-0.25, -0.2) is 0 Å². The van der Waals surface area contributed by atoms with Gasteiger partial charge in [-0.2, -0.15) is 15.0 Å². The third-order valence-electron chi connectivity index (χ3n) is 2.27. The van der Waals surface area contributed by atoms with Gasteiger partial charge in [0.25, 0.3) is 0 Å². The molecule has 0 fully saturated rings. The molecular formula is C11H12ClN3. The lowest BCUT2D eigenvalue weighted by atomic mass is 10.0. The molecule has 0 saturated carbocycles. The molecular weight excluding hydrogens is 210 g/mol. The van der Waals surface area contributed by atoms with Crippen molar-refractivity contribution in [3.8, 4) is 5.69 Å². The van der Waals surface area contributed by atoms with E-state index in [0.717, 1.165) is 5.69 Å². The van der Waals surface area contributed by atoms with E-state index in [4.69, 9.17) is 11.6 Å². The van der Waals surface area contributed by atoms with Crippen LogP contribution in [-0.2, 0) is 0 Å². The number of hydrogen-bond acceptors (Lipinski definition) is 2. The Morgan fingerprint density at radius 3 is 2.40 bits per heavy atom. The Morgan fingerprint density at radius 2 is 1.87 bits per heavy atom. The van der Waals surface area contributed by atoms with E-state index in [-0.39, 0.29) is 0 Å². The van der Waals surface area contributed by atoms with Gasteiger partial charge in [-0.15, -0.1) is 0 Å². The van der Waals surface area contributed by atoms with Crippen molar-refractivity contribution in [1.82, 2.24) is 15.0 Å². The first-order valence-electron chi connectivity index (χ1n) is 4.84. The molecule has 2 rings (SSSR count). The maximum absolute atomic E-state index is 6.16. The zero-order chi connectivity index (χ0) is 10.8. The molecule has 1 aromatic heterocycles. The summed E-state index contributed by atoms with van der Waals surface area (Å²) in [4.78, 5) is 1.52. The summed E-state index contributed by atoms with van der Waals surface area (Å²) < 4.78 is 0. The van der Waals surface area contributed by atoms with Gasteiger partial charge in [0.2, 0.25) is 0 Å². The SMILES string of the molecule is CC(C)c1ccc(-n2nccn2)c(Cl)c1. The molecule has 0 N–H and O–H groups in total. The molecule has 0 aliphatic heterocycles. The van der Waals surface area contributed by atoms with Crippen molar-refractivity contribution in [3.05, 3.63) is 41.2 Å². The van der Waals surface area contributed by atoms with E-state index in [0.29, 0.717) is 10.9 Å². The fourth-order valence-electron chi connectivity index (χ4n) is 1.38. The first kappa shape index (κ1) is 10.2. The van der Waals surface area contributed by atoms with Crippen molar-refractivity contribution >= 4 is 11.6 Å². The van der Waals surface area contributed by atoms with Crippen LogP contribution in [-0.4, -0.2) is 15.0 Å². The quantitative estimate of drug-likeness (QED) is 0.781. The summed E-state index contributed by atoms with van der Waals surface area (Å²) in [5.74, 6) is 0.474. The van der Waals surface area contributed by atoms with Gasteiger partial charge in [0.05, 0.1) is 17.4 Å². The van der Waals surface area contributed by atoms with Gasteiger partial charge >= 0.3 is 0 Å². The third kappa shape index (κ3) is 2.02. The zero-order valence-electron chi connectivity index (χ0n) is 8.68. The highest BCUT2D eigenvalue weighted by Gasteiger charge is 2.06. The summed E-state index contributed by atoms with van der Waals surface area (Å²) in [6.45, 7) is 4.27. The van der Waals surface area contributed by atoms with Crippen LogP contribution in [0.1, 0.15) is 25.3 Å². The molecule has 78 valence electrons. The first-order valence-corrected chi connectivity index (χ1v) is 5.22. The van der Waals surface area contributed by atoms with Crippen molar-refractivity contribution in [2.45, 2.75) is 19.8 Å². The van der Waals surface area contributed by atoms with Crippen LogP contribution in [0.15, 0.2) is 30.6 Å². The minimum atomic E-state index is 0.474. The van der Waals surface area contributed by atoms with Crippen molar-refractivity contribution in [2.75, 3.05) is 0 Å². The van der Waals surface area contributed by atoms with Gasteiger partial charge in [0.15, 0.2) is 0 Å². The van der Waals surface area contributed by atoms with Gasteiger partial charge in [0, 0.05) is 0 Å². The molecule has 2 aromatic rings. The molecule has 15 heavy (non-hydrogen) atoms. The lowest BCUT2D eigenvalue weighted by molar-refractivity contribution is 0.750. The van der Waals surface area contributed by atoms with Crippen LogP contribution in [0, 0.1) is 0 Å². The average Bonchev–Trinajstić information content (AvgIpc) is 2.70. The Labute approximate surface area is 93.7 Å². The molecule has 0 bridgehead atoms. The Bertz CT molecular complexity index is 449. The fraction of sp³-hybridized carbons (Fsp3) is 0.273. The highest BCUT2D eigenvalue weighted by molar-refractivity contribution is 6.32. The van der Waals surface area contributed by atoms with Crippen molar-refractivity contribution in [1.29, 1.82) is 0 Å². The summed E-state index contributed by atoms with van der Waals surface area (Å²) in [6, 6.07) is 5.96. The number of aromatic nitrogens is 3. The van der Waals surface area contributed by atoms with E-state index in [1.807, 2.05) is 12.1 Å². The van der Waals surface area contributed by atoms with Crippen LogP contribution in [0.5, 0.6) is 0 Å². The number of halogens is 1. The average molecular weight is 222 g/mol. The zero-order valence-corrected chi connectivity index (χ0v) is 9.44. The molecule has 0 spiro atoms. The third-order valence-corrected chi connectivity index (χ3v) is 2.58. The molecule has 4 heteroatoms. The Balaban J connectivity index is 2.44. The molecule has 0 aliphatic carbocycles. The van der Waals surface area contributed by atoms with Gasteiger partial charge in [-0.3, -0.25) is 0 Å². The van der Waals surface area contributed by atoms with E-state index in [9.17, 15) is 0 Å². The minimum Gasteiger partial charge on any atom is -0.157 e. The summed E-state index contributed by atoms with van der Waals surface area (Å²) in [6.07, 6.45) is 3.26. The van der Waals surface area contributed by atoms with Crippen LogP contribution in [0.3, 0.4) is 0 Å². The molecule has 0 atom stereocenters. The second-order valence-corrected chi connectivity index (χ2v) is 4.09. The van der Waals surface area contributed by atoms with E-state index in [1.54, 1.807) is 12.4 Å². The molecule has 0 radical (unpaired) electrons. The summed E-state index contributed by atoms with van der Waals surface area (Å²) in [5, 5.41) is 8.76. The summed E-state index contributed by atoms with van der Waals surface area (Å²) in [5.41, 5.74) is 2.03. The Hall–Kier alpha value is -1.35. The van der Waals surface area contributed by atoms with Crippen LogP contribution in [0.4, 0.5) is 0 Å². The highest BCUT2D eigenvalue weighted by Crippen LogP contribution is 2.24. The molecule has 3 nitrogen and oxygen atoms in total. The van der Waals surface area contributed by atoms with Gasteiger partial charge < -0.3 is 0 Å². The predicted molar refractivity (Wildman–Crippen MR) is 60.5 cm³/mol. The highest BCUT2D eigenvalue weighted by atomic mass is 35.5. The molecule has 0 saturated heterocycles. The molecule has 1 heterocycles. The minimum absolute atomic E-state index is 0.474. The first-order chi connectivity index (χ1) is 7.18. The van der Waals surface area contributed by atoms with E-state index >= 15 is 0 Å². The summed E-state index contributed by atoms with van der Waals surface area (Å²) >= 11 is 6.16. The van der Waals surface area contributed by atoms with Crippen LogP contribution in [0.25, 0.3) is 5.69 Å². The van der Waals surface area contributed by atoms with E-state index in [2.05, 4.69) is 30.1 Å². The number of benzene rings is 1. The monoisotopic (exact) mass is 221 g/mol. The summed E-state index contributed by atoms with van der Waals surface area (Å²) in [7, 11) is 0. The molecule has 0 unspecified atom stereocenters. The maximum Gasteiger partial charge on any atom is 0.104 e. The Morgan fingerprint density at radius 1 is 1.20 bits per heavy atom. The second kappa shape index (κ2) is 4.03. The maximum atomic E-state index is 6.16. The number of nitrogens with zero attached hydrogens (tertiary/aromatic N) is 3. The van der Waals surface area contributed by atoms with Gasteiger partial charge in [-0.05, 0) is 23.6 Å².